The Kier molecular flexibility index (Phi) is 8.74. The SMILES string of the molecule is CC(C)(C)OC(=O)N1C[C@@H](NCc2ccc(OCc3cc(-c4ccccc4)c(C(F)(F)F)s3)cc2)C[C@H]1C(=O)O. The van der Waals surface area contributed by atoms with E-state index in [4.69, 9.17) is 9.47 Å². The average Bonchev–Trinajstić information content (AvgIpc) is 3.52. The lowest BCUT2D eigenvalue weighted by Gasteiger charge is -2.26. The Morgan fingerprint density at radius 1 is 1.07 bits per heavy atom. The van der Waals surface area contributed by atoms with Crippen LogP contribution in [0, 0.1) is 0 Å². The van der Waals surface area contributed by atoms with Crippen LogP contribution in [0.2, 0.25) is 0 Å². The summed E-state index contributed by atoms with van der Waals surface area (Å²) >= 11 is 0.674. The Labute approximate surface area is 234 Å². The fraction of sp³-hybridized carbons (Fsp3) is 0.379. The highest BCUT2D eigenvalue weighted by Crippen LogP contribution is 2.43. The van der Waals surface area contributed by atoms with Crippen molar-refractivity contribution in [2.75, 3.05) is 6.54 Å². The molecule has 0 aliphatic carbocycles. The molecule has 2 atom stereocenters. The molecule has 2 aromatic carbocycles. The molecule has 0 unspecified atom stereocenters. The van der Waals surface area contributed by atoms with Crippen molar-refractivity contribution in [3.8, 4) is 16.9 Å². The summed E-state index contributed by atoms with van der Waals surface area (Å²) in [5.41, 5.74) is 0.807. The minimum atomic E-state index is -4.46. The Bertz CT molecular complexity index is 1320. The van der Waals surface area contributed by atoms with Gasteiger partial charge in [-0.2, -0.15) is 13.2 Å². The summed E-state index contributed by atoms with van der Waals surface area (Å²) in [5, 5.41) is 12.9. The van der Waals surface area contributed by atoms with Gasteiger partial charge in [0.05, 0.1) is 0 Å². The summed E-state index contributed by atoms with van der Waals surface area (Å²) in [6.07, 6.45) is -4.87. The zero-order valence-corrected chi connectivity index (χ0v) is 23.1. The highest BCUT2D eigenvalue weighted by atomic mass is 32.1. The maximum Gasteiger partial charge on any atom is 0.426 e. The molecule has 1 aliphatic heterocycles. The van der Waals surface area contributed by atoms with Crippen LogP contribution >= 0.6 is 11.3 Å². The van der Waals surface area contributed by atoms with Crippen LogP contribution < -0.4 is 10.1 Å². The van der Waals surface area contributed by atoms with Crippen molar-refractivity contribution < 1.29 is 37.3 Å². The lowest BCUT2D eigenvalue weighted by Crippen LogP contribution is -2.43. The highest BCUT2D eigenvalue weighted by molar-refractivity contribution is 7.12. The third-order valence-corrected chi connectivity index (χ3v) is 7.39. The summed E-state index contributed by atoms with van der Waals surface area (Å²) < 4.78 is 52.0. The van der Waals surface area contributed by atoms with Crippen molar-refractivity contribution in [2.45, 2.75) is 64.2 Å². The van der Waals surface area contributed by atoms with Crippen molar-refractivity contribution in [1.82, 2.24) is 10.2 Å². The molecule has 7 nitrogen and oxygen atoms in total. The minimum absolute atomic E-state index is 0.00265. The zero-order valence-electron chi connectivity index (χ0n) is 22.3. The molecule has 3 aromatic rings. The van der Waals surface area contributed by atoms with Gasteiger partial charge >= 0.3 is 18.2 Å². The lowest BCUT2D eigenvalue weighted by molar-refractivity contribution is -0.142. The number of benzene rings is 2. The van der Waals surface area contributed by atoms with Gasteiger partial charge in [0.2, 0.25) is 0 Å². The molecule has 1 fully saturated rings. The maximum absolute atomic E-state index is 13.6. The Balaban J connectivity index is 1.33. The first-order valence-electron chi connectivity index (χ1n) is 12.7. The largest absolute Gasteiger partial charge is 0.488 e. The van der Waals surface area contributed by atoms with E-state index in [2.05, 4.69) is 5.32 Å². The van der Waals surface area contributed by atoms with Crippen LogP contribution in [-0.4, -0.2) is 46.3 Å². The van der Waals surface area contributed by atoms with Gasteiger partial charge in [-0.3, -0.25) is 4.90 Å². The number of thiophene rings is 1. The van der Waals surface area contributed by atoms with Gasteiger partial charge in [-0.25, -0.2) is 9.59 Å². The molecule has 0 spiro atoms. The molecular weight excluding hydrogens is 545 g/mol. The number of likely N-dealkylation sites (tertiary alicyclic amines) is 1. The van der Waals surface area contributed by atoms with E-state index in [0.29, 0.717) is 34.1 Å². The van der Waals surface area contributed by atoms with E-state index >= 15 is 0 Å². The van der Waals surface area contributed by atoms with Gasteiger partial charge < -0.3 is 19.9 Å². The number of carbonyl (C=O) groups is 2. The molecule has 0 radical (unpaired) electrons. The highest BCUT2D eigenvalue weighted by Gasteiger charge is 2.41. The van der Waals surface area contributed by atoms with Crippen LogP contribution in [0.1, 0.15) is 42.5 Å². The number of alkyl halides is 3. The second-order valence-corrected chi connectivity index (χ2v) is 11.7. The topological polar surface area (TPSA) is 88.1 Å². The second kappa shape index (κ2) is 11.9. The molecule has 2 heterocycles. The monoisotopic (exact) mass is 576 g/mol. The smallest absolute Gasteiger partial charge is 0.426 e. The molecule has 40 heavy (non-hydrogen) atoms. The number of ether oxygens (including phenoxy) is 2. The fourth-order valence-corrected chi connectivity index (χ4v) is 5.38. The van der Waals surface area contributed by atoms with Crippen molar-refractivity contribution in [1.29, 1.82) is 0 Å². The number of amides is 1. The first-order valence-corrected chi connectivity index (χ1v) is 13.5. The standard InChI is InChI=1S/C29H31F3N2O5S/c1-28(2,3)39-27(37)34-16-20(13-24(34)26(35)36)33-15-18-9-11-21(12-10-18)38-17-22-14-23(19-7-5-4-6-8-19)25(40-22)29(30,31)32/h4-12,14,20,24,33H,13,15-17H2,1-3H3,(H,35,36)/t20-,24-/m0/s1. The number of rotatable bonds is 8. The van der Waals surface area contributed by atoms with Crippen LogP contribution in [0.25, 0.3) is 11.1 Å². The normalized spacial score (nSPS) is 17.6. The number of carboxylic acids is 1. The molecule has 11 heteroatoms. The van der Waals surface area contributed by atoms with Crippen molar-refractivity contribution in [3.63, 3.8) is 0 Å². The summed E-state index contributed by atoms with van der Waals surface area (Å²) in [6.45, 7) is 5.81. The van der Waals surface area contributed by atoms with E-state index in [1.807, 2.05) is 12.1 Å². The summed E-state index contributed by atoms with van der Waals surface area (Å²) in [6, 6.07) is 15.9. The van der Waals surface area contributed by atoms with Gasteiger partial charge in [0.15, 0.2) is 0 Å². The van der Waals surface area contributed by atoms with E-state index in [-0.39, 0.29) is 31.2 Å². The van der Waals surface area contributed by atoms with Crippen molar-refractivity contribution >= 4 is 23.4 Å². The first kappa shape index (κ1) is 29.4. The van der Waals surface area contributed by atoms with Gasteiger partial charge in [-0.1, -0.05) is 42.5 Å². The minimum Gasteiger partial charge on any atom is -0.488 e. The van der Waals surface area contributed by atoms with E-state index in [9.17, 15) is 27.9 Å². The summed E-state index contributed by atoms with van der Waals surface area (Å²) in [7, 11) is 0. The van der Waals surface area contributed by atoms with Crippen molar-refractivity contribution in [2.24, 2.45) is 0 Å². The predicted molar refractivity (Wildman–Crippen MR) is 145 cm³/mol. The van der Waals surface area contributed by atoms with Gasteiger partial charge in [0.25, 0.3) is 0 Å². The molecular formula is C29H31F3N2O5S. The first-order chi connectivity index (χ1) is 18.8. The number of carboxylic acid groups (broad SMARTS) is 1. The summed E-state index contributed by atoms with van der Waals surface area (Å²) in [5.74, 6) is -0.574. The number of nitrogens with zero attached hydrogens (tertiary/aromatic N) is 1. The number of carbonyl (C=O) groups excluding carboxylic acids is 1. The average molecular weight is 577 g/mol. The Hall–Kier alpha value is -3.57. The molecule has 1 saturated heterocycles. The van der Waals surface area contributed by atoms with Gasteiger partial charge in [-0.15, -0.1) is 11.3 Å². The zero-order chi connectivity index (χ0) is 29.1. The van der Waals surface area contributed by atoms with Crippen molar-refractivity contribution in [3.05, 3.63) is 76.0 Å². The van der Waals surface area contributed by atoms with E-state index in [0.717, 1.165) is 5.56 Å². The number of aliphatic carboxylic acids is 1. The quantitative estimate of drug-likeness (QED) is 0.316. The molecule has 214 valence electrons. The molecule has 0 saturated carbocycles. The van der Waals surface area contributed by atoms with Gasteiger partial charge in [0, 0.05) is 29.6 Å². The van der Waals surface area contributed by atoms with E-state index < -0.39 is 34.8 Å². The van der Waals surface area contributed by atoms with Crippen LogP contribution in [0.5, 0.6) is 5.75 Å². The fourth-order valence-electron chi connectivity index (χ4n) is 4.42. The molecule has 4 rings (SSSR count). The van der Waals surface area contributed by atoms with Gasteiger partial charge in [-0.05, 0) is 56.5 Å². The third kappa shape index (κ3) is 7.54. The predicted octanol–water partition coefficient (Wildman–Crippen LogP) is 6.57. The molecule has 1 amide bonds. The van der Waals surface area contributed by atoms with Crippen LogP contribution in [0.15, 0.2) is 60.7 Å². The van der Waals surface area contributed by atoms with E-state index in [1.54, 1.807) is 63.2 Å². The Morgan fingerprint density at radius 2 is 1.75 bits per heavy atom. The number of halogens is 3. The van der Waals surface area contributed by atoms with E-state index in [1.165, 1.54) is 11.0 Å². The second-order valence-electron chi connectivity index (χ2n) is 10.6. The molecule has 0 bridgehead atoms. The molecule has 2 N–H and O–H groups in total. The number of nitrogens with one attached hydrogen (secondary N) is 1. The maximum atomic E-state index is 13.6. The van der Waals surface area contributed by atoms with Gasteiger partial charge in [0.1, 0.15) is 28.9 Å². The number of hydrogen-bond acceptors (Lipinski definition) is 6. The lowest BCUT2D eigenvalue weighted by atomic mass is 10.1. The van der Waals surface area contributed by atoms with Crippen LogP contribution in [-0.2, 0) is 28.9 Å². The number of hydrogen-bond donors (Lipinski definition) is 2. The molecule has 1 aliphatic rings. The summed E-state index contributed by atoms with van der Waals surface area (Å²) in [4.78, 5) is 25.2. The van der Waals surface area contributed by atoms with Crippen LogP contribution in [0.4, 0.5) is 18.0 Å². The third-order valence-electron chi connectivity index (χ3n) is 6.24. The molecule has 1 aromatic heterocycles. The van der Waals surface area contributed by atoms with Crippen LogP contribution in [0.3, 0.4) is 0 Å². The Morgan fingerprint density at radius 3 is 2.35 bits per heavy atom.